The largest absolute Gasteiger partial charge is 0.389 e. The molecule has 2 bridgehead atoms. The summed E-state index contributed by atoms with van der Waals surface area (Å²) in [6.45, 7) is 1.13. The number of piperidine rings is 1. The van der Waals surface area contributed by atoms with Crippen molar-refractivity contribution in [2.45, 2.75) is 25.3 Å². The van der Waals surface area contributed by atoms with Crippen LogP contribution in [0.4, 0.5) is 5.69 Å². The number of anilines is 1. The highest BCUT2D eigenvalue weighted by molar-refractivity contribution is 7.80. The van der Waals surface area contributed by atoms with Gasteiger partial charge in [-0.2, -0.15) is 0 Å². The molecule has 90 valence electrons. The predicted octanol–water partition coefficient (Wildman–Crippen LogP) is 2.96. The van der Waals surface area contributed by atoms with Crippen LogP contribution in [0.5, 0.6) is 0 Å². The van der Waals surface area contributed by atoms with Crippen LogP contribution >= 0.6 is 23.8 Å². The first kappa shape index (κ1) is 11.3. The first-order valence-corrected chi connectivity index (χ1v) is 6.80. The van der Waals surface area contributed by atoms with Gasteiger partial charge in [0.25, 0.3) is 0 Å². The van der Waals surface area contributed by atoms with E-state index in [0.29, 0.717) is 11.0 Å². The number of nitrogens with two attached hydrogens (primary N) is 1. The maximum absolute atomic E-state index is 6.09. The number of hydrogen-bond donors (Lipinski definition) is 1. The van der Waals surface area contributed by atoms with Crippen molar-refractivity contribution in [2.24, 2.45) is 11.7 Å². The summed E-state index contributed by atoms with van der Waals surface area (Å²) < 4.78 is 0. The van der Waals surface area contributed by atoms with Gasteiger partial charge in [0.15, 0.2) is 0 Å². The third kappa shape index (κ3) is 1.91. The van der Waals surface area contributed by atoms with Crippen molar-refractivity contribution < 1.29 is 0 Å². The lowest BCUT2D eigenvalue weighted by Crippen LogP contribution is -2.33. The molecule has 2 N–H and O–H groups in total. The average molecular weight is 267 g/mol. The number of thiocarbonyl (C=S) groups is 1. The van der Waals surface area contributed by atoms with E-state index in [-0.39, 0.29) is 0 Å². The molecule has 1 heterocycles. The van der Waals surface area contributed by atoms with Crippen LogP contribution in [0, 0.1) is 5.92 Å². The second kappa shape index (κ2) is 4.14. The van der Waals surface area contributed by atoms with Crippen LogP contribution in [0.3, 0.4) is 0 Å². The van der Waals surface area contributed by atoms with E-state index in [1.807, 2.05) is 18.2 Å². The minimum atomic E-state index is 0.458. The summed E-state index contributed by atoms with van der Waals surface area (Å²) >= 11 is 11.2. The van der Waals surface area contributed by atoms with Crippen molar-refractivity contribution in [3.05, 3.63) is 28.8 Å². The van der Waals surface area contributed by atoms with E-state index in [1.165, 1.54) is 19.3 Å². The van der Waals surface area contributed by atoms with E-state index < -0.39 is 0 Å². The van der Waals surface area contributed by atoms with E-state index in [1.54, 1.807) is 0 Å². The highest BCUT2D eigenvalue weighted by atomic mass is 35.5. The first-order valence-electron chi connectivity index (χ1n) is 6.01. The highest BCUT2D eigenvalue weighted by Crippen LogP contribution is 2.41. The molecule has 2 fully saturated rings. The lowest BCUT2D eigenvalue weighted by Gasteiger charge is -2.31. The van der Waals surface area contributed by atoms with Crippen molar-refractivity contribution in [1.82, 2.24) is 0 Å². The van der Waals surface area contributed by atoms with Crippen molar-refractivity contribution >= 4 is 34.5 Å². The number of hydrogen-bond acceptors (Lipinski definition) is 2. The summed E-state index contributed by atoms with van der Waals surface area (Å²) in [4.78, 5) is 2.90. The van der Waals surface area contributed by atoms with Gasteiger partial charge in [-0.3, -0.25) is 0 Å². The maximum Gasteiger partial charge on any atom is 0.106 e. The molecule has 0 radical (unpaired) electrons. The molecule has 1 aromatic rings. The predicted molar refractivity (Wildman–Crippen MR) is 75.8 cm³/mol. The van der Waals surface area contributed by atoms with E-state index in [9.17, 15) is 0 Å². The summed E-state index contributed by atoms with van der Waals surface area (Å²) in [5.41, 5.74) is 7.87. The molecule has 2 unspecified atom stereocenters. The van der Waals surface area contributed by atoms with Gasteiger partial charge in [0.2, 0.25) is 0 Å². The van der Waals surface area contributed by atoms with Gasteiger partial charge in [-0.1, -0.05) is 23.8 Å². The number of nitrogens with zero attached hydrogens (tertiary/aromatic N) is 1. The Morgan fingerprint density at radius 1 is 1.41 bits per heavy atom. The van der Waals surface area contributed by atoms with Crippen LogP contribution in [0.1, 0.15) is 24.8 Å². The minimum Gasteiger partial charge on any atom is -0.389 e. The molecule has 17 heavy (non-hydrogen) atoms. The van der Waals surface area contributed by atoms with Gasteiger partial charge in [0.1, 0.15) is 4.99 Å². The fourth-order valence-electron chi connectivity index (χ4n) is 3.17. The van der Waals surface area contributed by atoms with Crippen molar-refractivity contribution in [3.63, 3.8) is 0 Å². The van der Waals surface area contributed by atoms with E-state index in [0.717, 1.165) is 28.7 Å². The van der Waals surface area contributed by atoms with Crippen molar-refractivity contribution in [2.75, 3.05) is 11.4 Å². The lowest BCUT2D eigenvalue weighted by molar-refractivity contribution is 0.553. The van der Waals surface area contributed by atoms with Gasteiger partial charge in [0, 0.05) is 28.9 Å². The Morgan fingerprint density at radius 2 is 2.24 bits per heavy atom. The molecule has 1 saturated heterocycles. The number of rotatable bonds is 2. The zero-order valence-corrected chi connectivity index (χ0v) is 11.1. The van der Waals surface area contributed by atoms with Crippen LogP contribution in [0.25, 0.3) is 0 Å². The zero-order valence-electron chi connectivity index (χ0n) is 9.53. The normalized spacial score (nSPS) is 26.5. The molecule has 1 aliphatic carbocycles. The smallest absolute Gasteiger partial charge is 0.106 e. The van der Waals surface area contributed by atoms with Crippen molar-refractivity contribution in [3.8, 4) is 0 Å². The molecule has 1 aliphatic heterocycles. The fraction of sp³-hybridized carbons (Fsp3) is 0.462. The Bertz CT molecular complexity index is 474. The number of fused-ring (bicyclic) bond motifs is 2. The van der Waals surface area contributed by atoms with Crippen LogP contribution < -0.4 is 10.6 Å². The van der Waals surface area contributed by atoms with E-state index >= 15 is 0 Å². The summed E-state index contributed by atoms with van der Waals surface area (Å²) in [6, 6.07) is 6.45. The Balaban J connectivity index is 2.01. The third-order valence-corrected chi connectivity index (χ3v) is 4.40. The van der Waals surface area contributed by atoms with Gasteiger partial charge in [0.05, 0.1) is 0 Å². The summed E-state index contributed by atoms with van der Waals surface area (Å²) in [5.74, 6) is 0.846. The van der Waals surface area contributed by atoms with Gasteiger partial charge >= 0.3 is 0 Å². The molecule has 1 aromatic carbocycles. The summed E-state index contributed by atoms with van der Waals surface area (Å²) in [7, 11) is 0. The fourth-order valence-corrected chi connectivity index (χ4v) is 3.51. The molecule has 4 heteroatoms. The summed E-state index contributed by atoms with van der Waals surface area (Å²) in [5, 5.41) is 0.753. The van der Waals surface area contributed by atoms with E-state index in [4.69, 9.17) is 29.6 Å². The Hall–Kier alpha value is -0.800. The molecule has 0 aromatic heterocycles. The lowest BCUT2D eigenvalue weighted by atomic mass is 10.1. The monoisotopic (exact) mass is 266 g/mol. The molecular weight excluding hydrogens is 252 g/mol. The highest BCUT2D eigenvalue weighted by Gasteiger charge is 2.38. The first-order chi connectivity index (χ1) is 8.15. The molecular formula is C13H15ClN2S. The van der Waals surface area contributed by atoms with Crippen LogP contribution in [-0.2, 0) is 0 Å². The van der Waals surface area contributed by atoms with Gasteiger partial charge in [-0.05, 0) is 43.4 Å². The summed E-state index contributed by atoms with van der Waals surface area (Å²) in [6.07, 6.45) is 3.96. The Labute approximate surface area is 112 Å². The second-order valence-electron chi connectivity index (χ2n) is 5.01. The Morgan fingerprint density at radius 3 is 2.82 bits per heavy atom. The quantitative estimate of drug-likeness (QED) is 0.835. The molecule has 3 rings (SSSR count). The van der Waals surface area contributed by atoms with Crippen LogP contribution in [-0.4, -0.2) is 17.6 Å². The molecule has 0 amide bonds. The third-order valence-electron chi connectivity index (χ3n) is 3.94. The molecule has 0 spiro atoms. The van der Waals surface area contributed by atoms with Gasteiger partial charge < -0.3 is 10.6 Å². The Kier molecular flexibility index (Phi) is 2.75. The SMILES string of the molecule is NC(=S)c1ccc(Cl)cc1N1CC2CCC1C2. The zero-order chi connectivity index (χ0) is 12.0. The number of halogens is 1. The molecule has 2 aliphatic rings. The standard InChI is InChI=1S/C13H15ClN2S/c14-9-2-4-11(13(15)17)12(6-9)16-7-8-1-3-10(16)5-8/h2,4,6,8,10H,1,3,5,7H2,(H2,15,17). The van der Waals surface area contributed by atoms with Crippen molar-refractivity contribution in [1.29, 1.82) is 0 Å². The molecule has 2 nitrogen and oxygen atoms in total. The van der Waals surface area contributed by atoms with E-state index in [2.05, 4.69) is 4.90 Å². The molecule has 2 atom stereocenters. The van der Waals surface area contributed by atoms with Crippen LogP contribution in [0.2, 0.25) is 5.02 Å². The second-order valence-corrected chi connectivity index (χ2v) is 5.89. The van der Waals surface area contributed by atoms with Gasteiger partial charge in [-0.15, -0.1) is 0 Å². The topological polar surface area (TPSA) is 29.3 Å². The number of benzene rings is 1. The van der Waals surface area contributed by atoms with Gasteiger partial charge in [-0.25, -0.2) is 0 Å². The average Bonchev–Trinajstić information content (AvgIpc) is 2.90. The molecule has 1 saturated carbocycles. The minimum absolute atomic E-state index is 0.458. The maximum atomic E-state index is 6.09. The van der Waals surface area contributed by atoms with Crippen LogP contribution in [0.15, 0.2) is 18.2 Å².